The number of sulfonamides is 2. The monoisotopic (exact) mass is 563 g/mol. The average Bonchev–Trinajstić information content (AvgIpc) is 2.84. The standard InChI is InChI=1S/C25H33N5O6S2/c1-6-23-16(3)25(26)30(38(35,36)22-14-10-20(11-15-22)28-18(5)32)24(7-2)29(23)37(33,34)21-12-8-19(9-13-21)27-17(4)31/h8-15,24-25H,6-7,26H2,1-5H3,(H,27,31)(H,28,32). The van der Waals surface area contributed by atoms with Gasteiger partial charge in [-0.1, -0.05) is 13.8 Å². The van der Waals surface area contributed by atoms with E-state index in [0.717, 1.165) is 8.61 Å². The second kappa shape index (κ2) is 11.2. The Morgan fingerprint density at radius 1 is 0.816 bits per heavy atom. The number of anilines is 2. The molecular weight excluding hydrogens is 530 g/mol. The lowest BCUT2D eigenvalue weighted by molar-refractivity contribution is -0.115. The fraction of sp³-hybridized carbons (Fsp3) is 0.360. The van der Waals surface area contributed by atoms with Gasteiger partial charge in [0.05, 0.1) is 16.0 Å². The third kappa shape index (κ3) is 5.60. The van der Waals surface area contributed by atoms with Gasteiger partial charge in [0.1, 0.15) is 6.17 Å². The minimum Gasteiger partial charge on any atom is -0.326 e. The molecule has 0 saturated heterocycles. The lowest BCUT2D eigenvalue weighted by Crippen LogP contribution is -2.62. The van der Waals surface area contributed by atoms with Gasteiger partial charge in [-0.15, -0.1) is 0 Å². The van der Waals surface area contributed by atoms with E-state index in [1.54, 1.807) is 20.8 Å². The number of nitrogens with two attached hydrogens (primary N) is 1. The molecule has 11 nitrogen and oxygen atoms in total. The molecule has 2 aromatic carbocycles. The zero-order valence-electron chi connectivity index (χ0n) is 21.9. The molecule has 2 amide bonds. The van der Waals surface area contributed by atoms with E-state index in [0.29, 0.717) is 29.1 Å². The van der Waals surface area contributed by atoms with Gasteiger partial charge >= 0.3 is 0 Å². The predicted molar refractivity (Wildman–Crippen MR) is 145 cm³/mol. The minimum atomic E-state index is -4.27. The van der Waals surface area contributed by atoms with Crippen molar-refractivity contribution in [3.8, 4) is 0 Å². The highest BCUT2D eigenvalue weighted by molar-refractivity contribution is 7.90. The second-order valence-corrected chi connectivity index (χ2v) is 12.5. The number of nitrogens with one attached hydrogen (secondary N) is 2. The summed E-state index contributed by atoms with van der Waals surface area (Å²) in [6.07, 6.45) is -1.80. The molecule has 0 spiro atoms. The molecule has 0 aromatic heterocycles. The van der Waals surface area contributed by atoms with Gasteiger partial charge in [0.15, 0.2) is 0 Å². The fourth-order valence-electron chi connectivity index (χ4n) is 4.46. The Balaban J connectivity index is 2.12. The highest BCUT2D eigenvalue weighted by atomic mass is 32.2. The van der Waals surface area contributed by atoms with Gasteiger partial charge < -0.3 is 16.4 Å². The molecule has 1 heterocycles. The summed E-state index contributed by atoms with van der Waals surface area (Å²) in [6.45, 7) is 7.78. The van der Waals surface area contributed by atoms with Crippen molar-refractivity contribution in [1.82, 2.24) is 8.61 Å². The van der Waals surface area contributed by atoms with Crippen molar-refractivity contribution < 1.29 is 26.4 Å². The second-order valence-electron chi connectivity index (χ2n) is 8.86. The summed E-state index contributed by atoms with van der Waals surface area (Å²) in [7, 11) is -8.50. The van der Waals surface area contributed by atoms with Crippen molar-refractivity contribution in [2.75, 3.05) is 10.6 Å². The first-order valence-electron chi connectivity index (χ1n) is 12.0. The highest BCUT2D eigenvalue weighted by Gasteiger charge is 2.47. The number of amides is 2. The zero-order valence-corrected chi connectivity index (χ0v) is 23.6. The maximum Gasteiger partial charge on any atom is 0.265 e. The van der Waals surface area contributed by atoms with E-state index in [-0.39, 0.29) is 28.0 Å². The Kier molecular flexibility index (Phi) is 8.66. The number of nitrogens with zero attached hydrogens (tertiary/aromatic N) is 2. The zero-order chi connectivity index (χ0) is 28.4. The van der Waals surface area contributed by atoms with Crippen LogP contribution in [0.2, 0.25) is 0 Å². The van der Waals surface area contributed by atoms with Crippen LogP contribution in [0.15, 0.2) is 69.6 Å². The van der Waals surface area contributed by atoms with Crippen molar-refractivity contribution in [1.29, 1.82) is 0 Å². The van der Waals surface area contributed by atoms with E-state index in [1.165, 1.54) is 62.4 Å². The Morgan fingerprint density at radius 2 is 1.24 bits per heavy atom. The van der Waals surface area contributed by atoms with Gasteiger partial charge in [0.2, 0.25) is 21.8 Å². The maximum absolute atomic E-state index is 14.0. The van der Waals surface area contributed by atoms with E-state index in [2.05, 4.69) is 10.6 Å². The van der Waals surface area contributed by atoms with Crippen LogP contribution in [0.1, 0.15) is 47.5 Å². The first-order chi connectivity index (χ1) is 17.7. The van der Waals surface area contributed by atoms with Crippen LogP contribution in [0.5, 0.6) is 0 Å². The normalized spacial score (nSPS) is 18.8. The van der Waals surface area contributed by atoms with Crippen LogP contribution in [0.25, 0.3) is 0 Å². The van der Waals surface area contributed by atoms with Crippen LogP contribution in [0.4, 0.5) is 11.4 Å². The molecule has 13 heteroatoms. The quantitative estimate of drug-likeness (QED) is 0.445. The Hall–Kier alpha value is -3.26. The molecule has 0 fully saturated rings. The molecular formula is C25H33N5O6S2. The van der Waals surface area contributed by atoms with Crippen LogP contribution >= 0.6 is 0 Å². The number of carbonyl (C=O) groups excluding carboxylic acids is 2. The topological polar surface area (TPSA) is 159 Å². The maximum atomic E-state index is 14.0. The van der Waals surface area contributed by atoms with Gasteiger partial charge in [-0.2, -0.15) is 4.31 Å². The molecule has 0 saturated carbocycles. The summed E-state index contributed by atoms with van der Waals surface area (Å²) in [5.41, 5.74) is 8.13. The first kappa shape index (κ1) is 29.3. The van der Waals surface area contributed by atoms with E-state index >= 15 is 0 Å². The van der Waals surface area contributed by atoms with Crippen molar-refractivity contribution in [2.45, 2.75) is 69.6 Å². The molecule has 0 aliphatic carbocycles. The summed E-state index contributed by atoms with van der Waals surface area (Å²) in [6, 6.07) is 11.3. The Morgan fingerprint density at radius 3 is 1.61 bits per heavy atom. The highest BCUT2D eigenvalue weighted by Crippen LogP contribution is 2.38. The van der Waals surface area contributed by atoms with Gasteiger partial charge in [0.25, 0.3) is 10.0 Å². The van der Waals surface area contributed by atoms with Crippen LogP contribution < -0.4 is 16.4 Å². The Labute approximate surface area is 223 Å². The van der Waals surface area contributed by atoms with Crippen LogP contribution in [-0.4, -0.2) is 49.6 Å². The fourth-order valence-corrected chi connectivity index (χ4v) is 8.11. The van der Waals surface area contributed by atoms with Crippen molar-refractivity contribution >= 4 is 43.2 Å². The molecule has 206 valence electrons. The van der Waals surface area contributed by atoms with Gasteiger partial charge in [-0.05, 0) is 73.9 Å². The largest absolute Gasteiger partial charge is 0.326 e. The molecule has 1 aliphatic heterocycles. The summed E-state index contributed by atoms with van der Waals surface area (Å²) in [5.74, 6) is -0.599. The average molecular weight is 564 g/mol. The minimum absolute atomic E-state index is 0.0590. The summed E-state index contributed by atoms with van der Waals surface area (Å²) >= 11 is 0. The molecule has 38 heavy (non-hydrogen) atoms. The van der Waals surface area contributed by atoms with Crippen LogP contribution in [0.3, 0.4) is 0 Å². The third-order valence-electron chi connectivity index (χ3n) is 6.19. The van der Waals surface area contributed by atoms with Crippen LogP contribution in [-0.2, 0) is 29.6 Å². The SMILES string of the molecule is CCC1=C(C)C(N)N(S(=O)(=O)c2ccc(NC(C)=O)cc2)C(CC)N1S(=O)(=O)c1ccc(NC(C)=O)cc1. The van der Waals surface area contributed by atoms with Gasteiger partial charge in [-0.3, -0.25) is 13.9 Å². The predicted octanol–water partition coefficient (Wildman–Crippen LogP) is 3.00. The number of carbonyl (C=O) groups is 2. The molecule has 3 rings (SSSR count). The number of rotatable bonds is 8. The van der Waals surface area contributed by atoms with Crippen molar-refractivity contribution in [2.24, 2.45) is 5.73 Å². The Bertz CT molecular complexity index is 1450. The third-order valence-corrected chi connectivity index (χ3v) is 9.93. The lowest BCUT2D eigenvalue weighted by atomic mass is 10.1. The molecule has 0 radical (unpaired) electrons. The van der Waals surface area contributed by atoms with E-state index in [4.69, 9.17) is 5.73 Å². The lowest BCUT2D eigenvalue weighted by Gasteiger charge is -2.47. The number of hydrogen-bond donors (Lipinski definition) is 3. The number of hydrogen-bond acceptors (Lipinski definition) is 7. The number of benzene rings is 2. The summed E-state index contributed by atoms with van der Waals surface area (Å²) in [4.78, 5) is 22.5. The van der Waals surface area contributed by atoms with Crippen molar-refractivity contribution in [3.63, 3.8) is 0 Å². The molecule has 1 aliphatic rings. The first-order valence-corrected chi connectivity index (χ1v) is 14.9. The van der Waals surface area contributed by atoms with E-state index in [1.807, 2.05) is 0 Å². The van der Waals surface area contributed by atoms with Crippen molar-refractivity contribution in [3.05, 3.63) is 59.8 Å². The molecule has 2 aromatic rings. The van der Waals surface area contributed by atoms with Crippen LogP contribution in [0, 0.1) is 0 Å². The molecule has 0 bridgehead atoms. The summed E-state index contributed by atoms with van der Waals surface area (Å²) < 4.78 is 57.9. The van der Waals surface area contributed by atoms with E-state index < -0.39 is 32.4 Å². The van der Waals surface area contributed by atoms with E-state index in [9.17, 15) is 26.4 Å². The van der Waals surface area contributed by atoms with Gasteiger partial charge in [-0.25, -0.2) is 16.8 Å². The number of allylic oxidation sites excluding steroid dienone is 1. The molecule has 2 unspecified atom stereocenters. The smallest absolute Gasteiger partial charge is 0.265 e. The molecule has 4 N–H and O–H groups in total. The van der Waals surface area contributed by atoms with Gasteiger partial charge in [0, 0.05) is 30.9 Å². The summed E-state index contributed by atoms with van der Waals surface area (Å²) in [5, 5.41) is 5.17. The molecule has 2 atom stereocenters.